The molecule has 0 saturated heterocycles. The van der Waals surface area contributed by atoms with E-state index in [-0.39, 0.29) is 6.10 Å². The lowest BCUT2D eigenvalue weighted by molar-refractivity contribution is -0.0674. The highest BCUT2D eigenvalue weighted by molar-refractivity contribution is 5.43. The number of rotatable bonds is 0. The van der Waals surface area contributed by atoms with Crippen LogP contribution in [-0.4, -0.2) is 11.2 Å². The zero-order valence-corrected chi connectivity index (χ0v) is 8.07. The standard InChI is InChI=1S/C12H14O2/c13-12-8-4-3-7-11(12)14-10-6-2-1-5-9(10)12/h1-2,5-6,11,13H,3-4,7-8H2. The molecular formula is C12H14O2. The number of hydrogen-bond donors (Lipinski definition) is 1. The number of hydrogen-bond acceptors (Lipinski definition) is 2. The molecule has 2 heteroatoms. The molecule has 0 aromatic heterocycles. The van der Waals surface area contributed by atoms with Crippen LogP contribution in [0.15, 0.2) is 24.3 Å². The second kappa shape index (κ2) is 2.74. The van der Waals surface area contributed by atoms with Gasteiger partial charge in [0.2, 0.25) is 0 Å². The monoisotopic (exact) mass is 190 g/mol. The molecule has 3 rings (SSSR count). The number of aliphatic hydroxyl groups is 1. The van der Waals surface area contributed by atoms with Crippen molar-refractivity contribution in [3.8, 4) is 5.75 Å². The Balaban J connectivity index is 2.10. The van der Waals surface area contributed by atoms with Gasteiger partial charge in [0.1, 0.15) is 17.5 Å². The second-order valence-corrected chi connectivity index (χ2v) is 4.27. The smallest absolute Gasteiger partial charge is 0.132 e. The van der Waals surface area contributed by atoms with Crippen LogP contribution in [0.1, 0.15) is 31.2 Å². The predicted octanol–water partition coefficient (Wildman–Crippen LogP) is 2.21. The lowest BCUT2D eigenvalue weighted by atomic mass is 9.79. The molecule has 0 radical (unpaired) electrons. The summed E-state index contributed by atoms with van der Waals surface area (Å²) in [6.45, 7) is 0. The molecule has 1 aromatic carbocycles. The third-order valence-electron chi connectivity index (χ3n) is 3.43. The van der Waals surface area contributed by atoms with Gasteiger partial charge in [-0.1, -0.05) is 18.2 Å². The van der Waals surface area contributed by atoms with Crippen LogP contribution >= 0.6 is 0 Å². The Morgan fingerprint density at radius 1 is 1.29 bits per heavy atom. The van der Waals surface area contributed by atoms with E-state index in [1.54, 1.807) is 0 Å². The molecule has 1 heterocycles. The van der Waals surface area contributed by atoms with Gasteiger partial charge in [-0.25, -0.2) is 0 Å². The summed E-state index contributed by atoms with van der Waals surface area (Å²) < 4.78 is 5.76. The molecule has 2 nitrogen and oxygen atoms in total. The summed E-state index contributed by atoms with van der Waals surface area (Å²) in [5, 5.41) is 10.5. The molecule has 1 aliphatic heterocycles. The Hall–Kier alpha value is -1.02. The van der Waals surface area contributed by atoms with Crippen LogP contribution in [0, 0.1) is 0 Å². The van der Waals surface area contributed by atoms with Gasteiger partial charge in [-0.3, -0.25) is 0 Å². The van der Waals surface area contributed by atoms with Crippen molar-refractivity contribution >= 4 is 0 Å². The van der Waals surface area contributed by atoms with Crippen LogP contribution in [0.2, 0.25) is 0 Å². The first-order valence-electron chi connectivity index (χ1n) is 5.29. The Labute approximate surface area is 83.5 Å². The van der Waals surface area contributed by atoms with Crippen molar-refractivity contribution < 1.29 is 9.84 Å². The minimum absolute atomic E-state index is 0.00588. The highest BCUT2D eigenvalue weighted by Gasteiger charge is 2.48. The van der Waals surface area contributed by atoms with Gasteiger partial charge in [0.25, 0.3) is 0 Å². The molecule has 0 spiro atoms. The van der Waals surface area contributed by atoms with E-state index in [0.717, 1.165) is 30.6 Å². The summed E-state index contributed by atoms with van der Waals surface area (Å²) in [6.07, 6.45) is 4.08. The van der Waals surface area contributed by atoms with Crippen molar-refractivity contribution in [2.75, 3.05) is 0 Å². The highest BCUT2D eigenvalue weighted by atomic mass is 16.5. The third kappa shape index (κ3) is 0.947. The molecular weight excluding hydrogens is 176 g/mol. The summed E-state index contributed by atoms with van der Waals surface area (Å²) in [5.74, 6) is 0.877. The first-order chi connectivity index (χ1) is 6.81. The minimum Gasteiger partial charge on any atom is -0.487 e. The van der Waals surface area contributed by atoms with E-state index in [9.17, 15) is 5.11 Å². The maximum absolute atomic E-state index is 10.5. The lowest BCUT2D eigenvalue weighted by Crippen LogP contribution is -2.40. The second-order valence-electron chi connectivity index (χ2n) is 4.27. The summed E-state index contributed by atoms with van der Waals surface area (Å²) in [5.41, 5.74) is 0.291. The van der Waals surface area contributed by atoms with Gasteiger partial charge in [-0.15, -0.1) is 0 Å². The zero-order valence-electron chi connectivity index (χ0n) is 8.07. The Bertz CT molecular complexity index is 361. The average Bonchev–Trinajstić information content (AvgIpc) is 2.51. The van der Waals surface area contributed by atoms with Crippen molar-refractivity contribution in [3.63, 3.8) is 0 Å². The van der Waals surface area contributed by atoms with Crippen LogP contribution < -0.4 is 4.74 Å². The topological polar surface area (TPSA) is 29.5 Å². The highest BCUT2D eigenvalue weighted by Crippen LogP contribution is 2.48. The van der Waals surface area contributed by atoms with Gasteiger partial charge in [0.05, 0.1) is 0 Å². The Kier molecular flexibility index (Phi) is 1.62. The summed E-state index contributed by atoms with van der Waals surface area (Å²) in [6, 6.07) is 7.86. The SMILES string of the molecule is OC12CCCCC1Oc1ccccc12. The normalized spacial score (nSPS) is 34.5. The van der Waals surface area contributed by atoms with Crippen LogP contribution in [-0.2, 0) is 5.60 Å². The van der Waals surface area contributed by atoms with E-state index in [0.29, 0.717) is 0 Å². The molecule has 2 atom stereocenters. The summed E-state index contributed by atoms with van der Waals surface area (Å²) in [7, 11) is 0. The average molecular weight is 190 g/mol. The first-order valence-corrected chi connectivity index (χ1v) is 5.29. The van der Waals surface area contributed by atoms with Crippen LogP contribution in [0.5, 0.6) is 5.75 Å². The van der Waals surface area contributed by atoms with Crippen molar-refractivity contribution in [1.29, 1.82) is 0 Å². The van der Waals surface area contributed by atoms with E-state index in [4.69, 9.17) is 4.74 Å². The van der Waals surface area contributed by atoms with E-state index in [2.05, 4.69) is 0 Å². The molecule has 1 N–H and O–H groups in total. The summed E-state index contributed by atoms with van der Waals surface area (Å²) >= 11 is 0. The fraction of sp³-hybridized carbons (Fsp3) is 0.500. The third-order valence-corrected chi connectivity index (χ3v) is 3.43. The van der Waals surface area contributed by atoms with Crippen LogP contribution in [0.4, 0.5) is 0 Å². The van der Waals surface area contributed by atoms with E-state index < -0.39 is 5.60 Å². The van der Waals surface area contributed by atoms with Crippen molar-refractivity contribution in [2.45, 2.75) is 37.4 Å². The van der Waals surface area contributed by atoms with E-state index >= 15 is 0 Å². The molecule has 74 valence electrons. The molecule has 1 aliphatic carbocycles. The van der Waals surface area contributed by atoms with Crippen LogP contribution in [0.25, 0.3) is 0 Å². The summed E-state index contributed by atoms with van der Waals surface area (Å²) in [4.78, 5) is 0. The molecule has 1 aromatic rings. The van der Waals surface area contributed by atoms with Gasteiger partial charge < -0.3 is 9.84 Å². The number of fused-ring (bicyclic) bond motifs is 3. The maximum Gasteiger partial charge on any atom is 0.132 e. The Morgan fingerprint density at radius 2 is 2.14 bits per heavy atom. The fourth-order valence-corrected chi connectivity index (χ4v) is 2.67. The quantitative estimate of drug-likeness (QED) is 0.679. The number of benzene rings is 1. The van der Waals surface area contributed by atoms with E-state index in [1.165, 1.54) is 6.42 Å². The van der Waals surface area contributed by atoms with Crippen molar-refractivity contribution in [2.24, 2.45) is 0 Å². The minimum atomic E-state index is -0.700. The van der Waals surface area contributed by atoms with Crippen LogP contribution in [0.3, 0.4) is 0 Å². The van der Waals surface area contributed by atoms with Gasteiger partial charge in [-0.2, -0.15) is 0 Å². The first kappa shape index (κ1) is 8.30. The predicted molar refractivity (Wildman–Crippen MR) is 53.2 cm³/mol. The van der Waals surface area contributed by atoms with Gasteiger partial charge >= 0.3 is 0 Å². The molecule has 2 aliphatic rings. The molecule has 0 amide bonds. The number of para-hydroxylation sites is 1. The molecule has 1 fully saturated rings. The largest absolute Gasteiger partial charge is 0.487 e. The molecule has 14 heavy (non-hydrogen) atoms. The van der Waals surface area contributed by atoms with Crippen molar-refractivity contribution in [3.05, 3.63) is 29.8 Å². The zero-order chi connectivity index (χ0) is 9.60. The Morgan fingerprint density at radius 3 is 3.07 bits per heavy atom. The van der Waals surface area contributed by atoms with Gasteiger partial charge in [0, 0.05) is 5.56 Å². The van der Waals surface area contributed by atoms with Gasteiger partial charge in [0.15, 0.2) is 0 Å². The van der Waals surface area contributed by atoms with E-state index in [1.807, 2.05) is 24.3 Å². The molecule has 1 saturated carbocycles. The lowest BCUT2D eigenvalue weighted by Gasteiger charge is -2.33. The fourth-order valence-electron chi connectivity index (χ4n) is 2.67. The maximum atomic E-state index is 10.5. The molecule has 2 unspecified atom stereocenters. The van der Waals surface area contributed by atoms with Crippen molar-refractivity contribution in [1.82, 2.24) is 0 Å². The number of ether oxygens (including phenoxy) is 1. The molecule has 0 bridgehead atoms. The van der Waals surface area contributed by atoms with Gasteiger partial charge in [-0.05, 0) is 31.7 Å².